The first-order chi connectivity index (χ1) is 9.31. The standard InChI is InChI=1S/C14H28N2O3S.ClH/c1-3-11-4-6-12(7-5-11)10-16-14(17)13(15)8-9-20(2,18)19;/h11-13H,3-10,15H2,1-2H3,(H,16,17);1H. The summed E-state index contributed by atoms with van der Waals surface area (Å²) in [5.41, 5.74) is 5.71. The smallest absolute Gasteiger partial charge is 0.236 e. The molecule has 1 fully saturated rings. The first-order valence-corrected chi connectivity index (χ1v) is 9.59. The van der Waals surface area contributed by atoms with Crippen molar-refractivity contribution in [3.8, 4) is 0 Å². The van der Waals surface area contributed by atoms with Crippen molar-refractivity contribution in [2.75, 3.05) is 18.6 Å². The molecular weight excluding hydrogens is 312 g/mol. The Hall–Kier alpha value is -0.330. The van der Waals surface area contributed by atoms with E-state index in [0.717, 1.165) is 25.0 Å². The number of halogens is 1. The van der Waals surface area contributed by atoms with Crippen LogP contribution in [0.5, 0.6) is 0 Å². The van der Waals surface area contributed by atoms with Crippen LogP contribution in [0.1, 0.15) is 45.4 Å². The van der Waals surface area contributed by atoms with Crippen LogP contribution in [-0.4, -0.2) is 38.9 Å². The van der Waals surface area contributed by atoms with E-state index in [1.807, 2.05) is 0 Å². The predicted octanol–water partition coefficient (Wildman–Crippen LogP) is 1.50. The van der Waals surface area contributed by atoms with Gasteiger partial charge in [-0.15, -0.1) is 12.4 Å². The van der Waals surface area contributed by atoms with Crippen LogP contribution in [0.2, 0.25) is 0 Å². The molecule has 1 aliphatic carbocycles. The number of amides is 1. The second kappa shape index (κ2) is 9.64. The lowest BCUT2D eigenvalue weighted by molar-refractivity contribution is -0.122. The Balaban J connectivity index is 0.00000400. The molecule has 1 atom stereocenters. The topological polar surface area (TPSA) is 89.3 Å². The highest BCUT2D eigenvalue weighted by Crippen LogP contribution is 2.30. The fourth-order valence-corrected chi connectivity index (χ4v) is 3.37. The molecule has 5 nitrogen and oxygen atoms in total. The monoisotopic (exact) mass is 340 g/mol. The number of hydrogen-bond donors (Lipinski definition) is 2. The summed E-state index contributed by atoms with van der Waals surface area (Å²) in [6.07, 6.45) is 7.41. The minimum atomic E-state index is -3.06. The zero-order valence-corrected chi connectivity index (χ0v) is 14.6. The number of nitrogens with two attached hydrogens (primary N) is 1. The fourth-order valence-electron chi connectivity index (χ4n) is 2.69. The largest absolute Gasteiger partial charge is 0.354 e. The van der Waals surface area contributed by atoms with Crippen molar-refractivity contribution >= 4 is 28.2 Å². The molecule has 1 saturated carbocycles. The minimum Gasteiger partial charge on any atom is -0.354 e. The number of nitrogens with one attached hydrogen (secondary N) is 1. The number of hydrogen-bond acceptors (Lipinski definition) is 4. The van der Waals surface area contributed by atoms with Gasteiger partial charge in [-0.05, 0) is 31.1 Å². The average Bonchev–Trinajstić information content (AvgIpc) is 2.41. The van der Waals surface area contributed by atoms with Gasteiger partial charge in [0.2, 0.25) is 5.91 Å². The molecule has 0 aromatic carbocycles. The lowest BCUT2D eigenvalue weighted by Crippen LogP contribution is -2.43. The average molecular weight is 341 g/mol. The van der Waals surface area contributed by atoms with E-state index in [9.17, 15) is 13.2 Å². The maximum Gasteiger partial charge on any atom is 0.236 e. The molecule has 1 amide bonds. The van der Waals surface area contributed by atoms with Gasteiger partial charge in [0.05, 0.1) is 11.8 Å². The molecule has 126 valence electrons. The van der Waals surface area contributed by atoms with E-state index >= 15 is 0 Å². The Bertz CT molecular complexity index is 406. The van der Waals surface area contributed by atoms with Crippen LogP contribution >= 0.6 is 12.4 Å². The maximum absolute atomic E-state index is 11.8. The molecule has 0 bridgehead atoms. The van der Waals surface area contributed by atoms with Gasteiger partial charge in [0.1, 0.15) is 9.84 Å². The van der Waals surface area contributed by atoms with Gasteiger partial charge in [-0.25, -0.2) is 8.42 Å². The SMILES string of the molecule is CCC1CCC(CNC(=O)C(N)CCS(C)(=O)=O)CC1.Cl. The Morgan fingerprint density at radius 1 is 1.24 bits per heavy atom. The van der Waals surface area contributed by atoms with Crippen LogP contribution in [0.15, 0.2) is 0 Å². The first kappa shape index (κ1) is 20.7. The number of rotatable bonds is 7. The molecule has 3 N–H and O–H groups in total. The third-order valence-electron chi connectivity index (χ3n) is 4.25. The van der Waals surface area contributed by atoms with E-state index in [1.165, 1.54) is 19.3 Å². The molecule has 0 spiro atoms. The van der Waals surface area contributed by atoms with Crippen LogP contribution < -0.4 is 11.1 Å². The zero-order chi connectivity index (χ0) is 15.2. The Morgan fingerprint density at radius 2 is 1.76 bits per heavy atom. The number of carbonyl (C=O) groups excluding carboxylic acids is 1. The van der Waals surface area contributed by atoms with Crippen LogP contribution in [0.3, 0.4) is 0 Å². The summed E-state index contributed by atoms with van der Waals surface area (Å²) < 4.78 is 22.1. The molecule has 1 rings (SSSR count). The van der Waals surface area contributed by atoms with Gasteiger partial charge in [0, 0.05) is 12.8 Å². The summed E-state index contributed by atoms with van der Waals surface area (Å²) in [6.45, 7) is 2.90. The van der Waals surface area contributed by atoms with Crippen molar-refractivity contribution in [2.24, 2.45) is 17.6 Å². The molecule has 0 radical (unpaired) electrons. The van der Waals surface area contributed by atoms with Gasteiger partial charge in [-0.2, -0.15) is 0 Å². The van der Waals surface area contributed by atoms with E-state index in [-0.39, 0.29) is 30.5 Å². The van der Waals surface area contributed by atoms with E-state index in [4.69, 9.17) is 5.73 Å². The van der Waals surface area contributed by atoms with E-state index in [2.05, 4.69) is 12.2 Å². The summed E-state index contributed by atoms with van der Waals surface area (Å²) in [4.78, 5) is 11.8. The first-order valence-electron chi connectivity index (χ1n) is 7.52. The van der Waals surface area contributed by atoms with Crippen molar-refractivity contribution in [1.82, 2.24) is 5.32 Å². The number of sulfone groups is 1. The normalized spacial score (nSPS) is 24.0. The van der Waals surface area contributed by atoms with Crippen molar-refractivity contribution in [2.45, 2.75) is 51.5 Å². The van der Waals surface area contributed by atoms with Crippen molar-refractivity contribution < 1.29 is 13.2 Å². The summed E-state index contributed by atoms with van der Waals surface area (Å²) in [7, 11) is -3.06. The van der Waals surface area contributed by atoms with Crippen LogP contribution in [-0.2, 0) is 14.6 Å². The van der Waals surface area contributed by atoms with Gasteiger partial charge in [0.15, 0.2) is 0 Å². The fraction of sp³-hybridized carbons (Fsp3) is 0.929. The summed E-state index contributed by atoms with van der Waals surface area (Å²) in [5.74, 6) is 1.12. The molecule has 21 heavy (non-hydrogen) atoms. The highest BCUT2D eigenvalue weighted by Gasteiger charge is 2.21. The molecular formula is C14H29ClN2O3S. The van der Waals surface area contributed by atoms with Gasteiger partial charge in [-0.3, -0.25) is 4.79 Å². The van der Waals surface area contributed by atoms with Crippen LogP contribution in [0.25, 0.3) is 0 Å². The Morgan fingerprint density at radius 3 is 2.24 bits per heavy atom. The van der Waals surface area contributed by atoms with Crippen molar-refractivity contribution in [3.05, 3.63) is 0 Å². The van der Waals surface area contributed by atoms with Gasteiger partial charge in [0.25, 0.3) is 0 Å². The van der Waals surface area contributed by atoms with E-state index in [0.29, 0.717) is 12.5 Å². The molecule has 0 aromatic heterocycles. The van der Waals surface area contributed by atoms with Crippen LogP contribution in [0, 0.1) is 11.8 Å². The lowest BCUT2D eigenvalue weighted by atomic mass is 9.81. The van der Waals surface area contributed by atoms with Gasteiger partial charge < -0.3 is 11.1 Å². The van der Waals surface area contributed by atoms with E-state index < -0.39 is 15.9 Å². The predicted molar refractivity (Wildman–Crippen MR) is 88.3 cm³/mol. The highest BCUT2D eigenvalue weighted by molar-refractivity contribution is 7.90. The van der Waals surface area contributed by atoms with E-state index in [1.54, 1.807) is 0 Å². The van der Waals surface area contributed by atoms with Gasteiger partial charge >= 0.3 is 0 Å². The third-order valence-corrected chi connectivity index (χ3v) is 5.22. The second-order valence-corrected chi connectivity index (χ2v) is 8.32. The third kappa shape index (κ3) is 8.63. The molecule has 1 aliphatic rings. The summed E-state index contributed by atoms with van der Waals surface area (Å²) in [5, 5.41) is 2.86. The minimum absolute atomic E-state index is 0. The van der Waals surface area contributed by atoms with Crippen molar-refractivity contribution in [1.29, 1.82) is 0 Å². The lowest BCUT2D eigenvalue weighted by Gasteiger charge is -2.28. The number of carbonyl (C=O) groups is 1. The van der Waals surface area contributed by atoms with Gasteiger partial charge in [-0.1, -0.05) is 26.2 Å². The Kier molecular flexibility index (Phi) is 9.49. The summed E-state index contributed by atoms with van der Waals surface area (Å²) in [6, 6.07) is -0.725. The van der Waals surface area contributed by atoms with Crippen LogP contribution in [0.4, 0.5) is 0 Å². The quantitative estimate of drug-likeness (QED) is 0.735. The zero-order valence-electron chi connectivity index (χ0n) is 13.0. The molecule has 0 saturated heterocycles. The molecule has 0 heterocycles. The highest BCUT2D eigenvalue weighted by atomic mass is 35.5. The van der Waals surface area contributed by atoms with Crippen molar-refractivity contribution in [3.63, 3.8) is 0 Å². The molecule has 1 unspecified atom stereocenters. The second-order valence-electron chi connectivity index (χ2n) is 6.07. The maximum atomic E-state index is 11.8. The molecule has 0 aliphatic heterocycles. The summed E-state index contributed by atoms with van der Waals surface area (Å²) >= 11 is 0. The Labute approximate surface area is 134 Å². The molecule has 7 heteroatoms. The molecule has 0 aromatic rings.